The summed E-state index contributed by atoms with van der Waals surface area (Å²) < 4.78 is 22.2. The number of amides is 1. The molecule has 336 valence electrons. The van der Waals surface area contributed by atoms with Crippen molar-refractivity contribution in [3.63, 3.8) is 0 Å². The number of hydrogen-bond acceptors (Lipinski definition) is 6. The van der Waals surface area contributed by atoms with Gasteiger partial charge in [0.1, 0.15) is 0 Å². The van der Waals surface area contributed by atoms with Crippen molar-refractivity contribution >= 4 is 13.7 Å². The Kier molecular flexibility index (Phi) is 43.7. The highest BCUT2D eigenvalue weighted by Gasteiger charge is 2.27. The summed E-state index contributed by atoms with van der Waals surface area (Å²) in [6.07, 6.45) is 48.3. The first-order chi connectivity index (χ1) is 27.4. The third-order valence-corrected chi connectivity index (χ3v) is 12.4. The largest absolute Gasteiger partial charge is 0.472 e. The van der Waals surface area contributed by atoms with Crippen LogP contribution in [0.4, 0.5) is 0 Å². The van der Waals surface area contributed by atoms with Gasteiger partial charge >= 0.3 is 7.82 Å². The summed E-state index contributed by atoms with van der Waals surface area (Å²) in [5.41, 5.74) is 5.39. The zero-order chi connectivity index (χ0) is 41.1. The molecule has 56 heavy (non-hydrogen) atoms. The van der Waals surface area contributed by atoms with Gasteiger partial charge in [-0.1, -0.05) is 245 Å². The molecule has 0 saturated carbocycles. The topological polar surface area (TPSA) is 131 Å². The van der Waals surface area contributed by atoms with Crippen LogP contribution in [0.5, 0.6) is 0 Å². The summed E-state index contributed by atoms with van der Waals surface area (Å²) in [6.45, 7) is 4.25. The van der Waals surface area contributed by atoms with Gasteiger partial charge in [0.25, 0.3) is 0 Å². The van der Waals surface area contributed by atoms with Gasteiger partial charge in [-0.3, -0.25) is 13.8 Å². The lowest BCUT2D eigenvalue weighted by Crippen LogP contribution is -2.46. The number of phosphoric acid groups is 1. The highest BCUT2D eigenvalue weighted by Crippen LogP contribution is 2.43. The molecule has 0 saturated heterocycles. The summed E-state index contributed by atoms with van der Waals surface area (Å²) >= 11 is 0. The second-order valence-corrected chi connectivity index (χ2v) is 18.5. The molecule has 0 aliphatic carbocycles. The van der Waals surface area contributed by atoms with Crippen molar-refractivity contribution in [1.29, 1.82) is 0 Å². The van der Waals surface area contributed by atoms with E-state index < -0.39 is 20.0 Å². The van der Waals surface area contributed by atoms with Gasteiger partial charge in [-0.05, 0) is 12.8 Å². The van der Waals surface area contributed by atoms with Gasteiger partial charge in [-0.15, -0.1) is 0 Å². The SMILES string of the molecule is CCCCCCCCCCCCCCCCCCCCCCCC(=O)NC(COP(=O)(O)OCCN)C(O)CCCCCCCCCCCCCCCCCC. The number of nitrogens with one attached hydrogen (secondary N) is 1. The summed E-state index contributed by atoms with van der Waals surface area (Å²) in [5, 5.41) is 13.9. The molecule has 5 N–H and O–H groups in total. The summed E-state index contributed by atoms with van der Waals surface area (Å²) in [7, 11) is -4.31. The number of carbonyl (C=O) groups excluding carboxylic acids is 1. The van der Waals surface area contributed by atoms with Crippen molar-refractivity contribution in [3.8, 4) is 0 Å². The Balaban J connectivity index is 4.02. The first-order valence-electron chi connectivity index (χ1n) is 24.7. The molecule has 0 fully saturated rings. The van der Waals surface area contributed by atoms with Crippen LogP contribution in [0.15, 0.2) is 0 Å². The van der Waals surface area contributed by atoms with Gasteiger partial charge in [0.2, 0.25) is 5.91 Å². The smallest absolute Gasteiger partial charge is 0.391 e. The number of rotatable bonds is 47. The Morgan fingerprint density at radius 3 is 1.14 bits per heavy atom. The molecular weight excluding hydrogens is 719 g/mol. The van der Waals surface area contributed by atoms with Crippen LogP contribution in [0.3, 0.4) is 0 Å². The average molecular weight is 817 g/mol. The van der Waals surface area contributed by atoms with Gasteiger partial charge in [-0.2, -0.15) is 0 Å². The van der Waals surface area contributed by atoms with E-state index in [0.29, 0.717) is 12.8 Å². The zero-order valence-corrected chi connectivity index (χ0v) is 38.3. The quantitative estimate of drug-likeness (QED) is 0.0355. The molecule has 1 amide bonds. The van der Waals surface area contributed by atoms with Crippen molar-refractivity contribution in [1.82, 2.24) is 5.32 Å². The highest BCUT2D eigenvalue weighted by atomic mass is 31.2. The molecular formula is C47H97N2O6P. The van der Waals surface area contributed by atoms with Crippen molar-refractivity contribution in [3.05, 3.63) is 0 Å². The fourth-order valence-electron chi connectivity index (χ4n) is 7.73. The van der Waals surface area contributed by atoms with E-state index in [9.17, 15) is 19.4 Å². The third-order valence-electron chi connectivity index (χ3n) is 11.5. The molecule has 0 bridgehead atoms. The lowest BCUT2D eigenvalue weighted by Gasteiger charge is -2.25. The minimum absolute atomic E-state index is 0.0927. The van der Waals surface area contributed by atoms with Crippen molar-refractivity contribution in [2.45, 2.75) is 276 Å². The van der Waals surface area contributed by atoms with Crippen LogP contribution < -0.4 is 11.1 Å². The van der Waals surface area contributed by atoms with Gasteiger partial charge in [-0.25, -0.2) is 4.57 Å². The van der Waals surface area contributed by atoms with E-state index in [1.165, 1.54) is 199 Å². The molecule has 8 nitrogen and oxygen atoms in total. The fourth-order valence-corrected chi connectivity index (χ4v) is 8.49. The fraction of sp³-hybridized carbons (Fsp3) is 0.979. The first kappa shape index (κ1) is 55.5. The van der Waals surface area contributed by atoms with Gasteiger partial charge < -0.3 is 21.1 Å². The number of nitrogens with two attached hydrogens (primary N) is 1. The maximum atomic E-state index is 12.8. The zero-order valence-electron chi connectivity index (χ0n) is 37.4. The van der Waals surface area contributed by atoms with Crippen LogP contribution in [0.25, 0.3) is 0 Å². The Morgan fingerprint density at radius 2 is 0.821 bits per heavy atom. The van der Waals surface area contributed by atoms with Crippen LogP contribution in [0.1, 0.15) is 264 Å². The molecule has 0 spiro atoms. The van der Waals surface area contributed by atoms with E-state index in [2.05, 4.69) is 19.2 Å². The molecule has 0 aromatic heterocycles. The number of aliphatic hydroxyl groups excluding tert-OH is 1. The van der Waals surface area contributed by atoms with Crippen LogP contribution in [0, 0.1) is 0 Å². The minimum atomic E-state index is -4.31. The predicted molar refractivity (Wildman–Crippen MR) is 240 cm³/mol. The van der Waals surface area contributed by atoms with E-state index in [1.54, 1.807) is 0 Å². The predicted octanol–water partition coefficient (Wildman–Crippen LogP) is 14.2. The van der Waals surface area contributed by atoms with E-state index in [4.69, 9.17) is 14.8 Å². The van der Waals surface area contributed by atoms with Crippen molar-refractivity contribution in [2.75, 3.05) is 19.8 Å². The molecule has 0 aromatic rings. The molecule has 3 unspecified atom stereocenters. The second kappa shape index (κ2) is 44.1. The maximum Gasteiger partial charge on any atom is 0.472 e. The van der Waals surface area contributed by atoms with E-state index in [-0.39, 0.29) is 25.7 Å². The summed E-state index contributed by atoms with van der Waals surface area (Å²) in [4.78, 5) is 22.8. The molecule has 0 aromatic carbocycles. The third kappa shape index (κ3) is 41.7. The van der Waals surface area contributed by atoms with Crippen LogP contribution in [-0.4, -0.2) is 47.8 Å². The Morgan fingerprint density at radius 1 is 0.518 bits per heavy atom. The normalized spacial score (nSPS) is 13.9. The summed E-state index contributed by atoms with van der Waals surface area (Å²) in [6, 6.07) is -0.768. The van der Waals surface area contributed by atoms with Gasteiger partial charge in [0, 0.05) is 13.0 Å². The Labute approximate surface area is 348 Å². The van der Waals surface area contributed by atoms with Crippen molar-refractivity contribution < 1.29 is 28.4 Å². The molecule has 0 radical (unpaired) electrons. The lowest BCUT2D eigenvalue weighted by molar-refractivity contribution is -0.123. The molecule has 0 aliphatic heterocycles. The average Bonchev–Trinajstić information content (AvgIpc) is 3.19. The standard InChI is InChI=1S/C47H97N2O6P/c1-3-5-7-9-11-13-15-17-19-21-22-23-24-25-27-29-31-33-35-37-39-41-47(51)49-45(44-55-56(52,53)54-43-42-48)46(50)40-38-36-34-32-30-28-26-20-18-16-14-12-10-8-6-4-2/h45-46,50H,3-44,48H2,1-2H3,(H,49,51)(H,52,53). The maximum absolute atomic E-state index is 12.8. The Bertz CT molecular complexity index is 849. The molecule has 0 aliphatic rings. The molecule has 0 rings (SSSR count). The van der Waals surface area contributed by atoms with Crippen LogP contribution in [-0.2, 0) is 18.4 Å². The van der Waals surface area contributed by atoms with Gasteiger partial charge in [0.05, 0.1) is 25.4 Å². The number of aliphatic hydroxyl groups is 1. The Hall–Kier alpha value is -0.500. The lowest BCUT2D eigenvalue weighted by atomic mass is 10.0. The van der Waals surface area contributed by atoms with Crippen LogP contribution in [0.2, 0.25) is 0 Å². The highest BCUT2D eigenvalue weighted by molar-refractivity contribution is 7.47. The first-order valence-corrected chi connectivity index (χ1v) is 26.1. The number of hydrogen-bond donors (Lipinski definition) is 4. The van der Waals surface area contributed by atoms with E-state index in [1.807, 2.05) is 0 Å². The molecule has 9 heteroatoms. The van der Waals surface area contributed by atoms with E-state index >= 15 is 0 Å². The monoisotopic (exact) mass is 817 g/mol. The molecule has 0 heterocycles. The van der Waals surface area contributed by atoms with Gasteiger partial charge in [0.15, 0.2) is 0 Å². The van der Waals surface area contributed by atoms with E-state index in [0.717, 1.165) is 38.5 Å². The second-order valence-electron chi connectivity index (χ2n) is 17.0. The minimum Gasteiger partial charge on any atom is -0.391 e. The van der Waals surface area contributed by atoms with Crippen molar-refractivity contribution in [2.24, 2.45) is 5.73 Å². The number of phosphoric ester groups is 1. The molecule has 3 atom stereocenters. The van der Waals surface area contributed by atoms with Crippen LogP contribution >= 0.6 is 7.82 Å². The number of carbonyl (C=O) groups is 1. The number of unbranched alkanes of at least 4 members (excludes halogenated alkanes) is 35. The summed E-state index contributed by atoms with van der Waals surface area (Å²) in [5.74, 6) is -0.155.